The molecule has 0 aromatic carbocycles. The largest absolute Gasteiger partial charge is 0.481 e. The lowest BCUT2D eigenvalue weighted by Crippen LogP contribution is -2.22. The molecule has 0 saturated heterocycles. The van der Waals surface area contributed by atoms with Crippen LogP contribution in [0.4, 0.5) is 5.13 Å². The number of rotatable bonds is 7. The van der Waals surface area contributed by atoms with Crippen molar-refractivity contribution in [3.63, 3.8) is 0 Å². The third-order valence-corrected chi connectivity index (χ3v) is 3.83. The van der Waals surface area contributed by atoms with E-state index in [1.165, 1.54) is 11.3 Å². The first kappa shape index (κ1) is 16.4. The molecule has 0 atom stereocenters. The van der Waals surface area contributed by atoms with Crippen molar-refractivity contribution in [1.29, 1.82) is 0 Å². The second kappa shape index (κ2) is 7.86. The van der Waals surface area contributed by atoms with Gasteiger partial charge in [0.05, 0.1) is 7.11 Å². The molecule has 0 radical (unpaired) electrons. The summed E-state index contributed by atoms with van der Waals surface area (Å²) in [5, 5.41) is 8.46. The number of methoxy groups -OCH3 is 1. The van der Waals surface area contributed by atoms with E-state index in [1.807, 2.05) is 25.3 Å². The fourth-order valence-corrected chi connectivity index (χ4v) is 2.64. The van der Waals surface area contributed by atoms with E-state index in [9.17, 15) is 4.79 Å². The van der Waals surface area contributed by atoms with Crippen molar-refractivity contribution < 1.29 is 9.53 Å². The summed E-state index contributed by atoms with van der Waals surface area (Å²) >= 11 is 1.41. The maximum atomic E-state index is 11.7. The molecule has 0 aliphatic heterocycles. The zero-order chi connectivity index (χ0) is 15.9. The van der Waals surface area contributed by atoms with Crippen LogP contribution in [0.1, 0.15) is 23.2 Å². The number of amides is 1. The molecule has 6 nitrogen and oxygen atoms in total. The van der Waals surface area contributed by atoms with Crippen LogP contribution in [0.15, 0.2) is 17.6 Å². The normalized spacial score (nSPS) is 10.5. The van der Waals surface area contributed by atoms with Crippen molar-refractivity contribution in [3.05, 3.63) is 34.5 Å². The summed E-state index contributed by atoms with van der Waals surface area (Å²) in [7, 11) is 1.62. The average Bonchev–Trinajstić information content (AvgIpc) is 2.97. The summed E-state index contributed by atoms with van der Waals surface area (Å²) in [6, 6.07) is 2.02. The molecular weight excluding hydrogens is 300 g/mol. The molecule has 2 aromatic rings. The minimum absolute atomic E-state index is 0.0480. The standard InChI is InChI=1S/C15H20N4O2S/c1-10-8-11(2)18-14(21-3)12(10)9-16-5-4-13(20)19-15-17-6-7-22-15/h6-8,16H,4-5,9H2,1-3H3,(H,17,19,20). The number of aryl methyl sites for hydroxylation is 2. The van der Waals surface area contributed by atoms with Crippen LogP contribution in [0.2, 0.25) is 0 Å². The van der Waals surface area contributed by atoms with Gasteiger partial charge in [-0.25, -0.2) is 9.97 Å². The minimum atomic E-state index is -0.0480. The van der Waals surface area contributed by atoms with Crippen molar-refractivity contribution in [2.45, 2.75) is 26.8 Å². The van der Waals surface area contributed by atoms with Crippen LogP contribution in [-0.2, 0) is 11.3 Å². The van der Waals surface area contributed by atoms with Crippen LogP contribution < -0.4 is 15.4 Å². The van der Waals surface area contributed by atoms with Gasteiger partial charge in [0.1, 0.15) is 0 Å². The number of carbonyl (C=O) groups excluding carboxylic acids is 1. The number of nitrogens with zero attached hydrogens (tertiary/aromatic N) is 2. The van der Waals surface area contributed by atoms with E-state index in [0.717, 1.165) is 16.8 Å². The molecule has 118 valence electrons. The summed E-state index contributed by atoms with van der Waals surface area (Å²) in [6.45, 7) is 5.17. The molecule has 7 heteroatoms. The molecule has 22 heavy (non-hydrogen) atoms. The Morgan fingerprint density at radius 2 is 2.23 bits per heavy atom. The van der Waals surface area contributed by atoms with Gasteiger partial charge in [-0.1, -0.05) is 0 Å². The predicted octanol–water partition coefficient (Wildman–Crippen LogP) is 2.28. The second-order valence-electron chi connectivity index (χ2n) is 4.88. The lowest BCUT2D eigenvalue weighted by atomic mass is 10.1. The topological polar surface area (TPSA) is 76.1 Å². The van der Waals surface area contributed by atoms with E-state index < -0.39 is 0 Å². The van der Waals surface area contributed by atoms with E-state index in [4.69, 9.17) is 4.74 Å². The number of carbonyl (C=O) groups is 1. The molecule has 2 N–H and O–H groups in total. The Hall–Kier alpha value is -1.99. The number of aromatic nitrogens is 2. The van der Waals surface area contributed by atoms with Gasteiger partial charge in [0.25, 0.3) is 0 Å². The maximum absolute atomic E-state index is 11.7. The Morgan fingerprint density at radius 1 is 1.41 bits per heavy atom. The lowest BCUT2D eigenvalue weighted by molar-refractivity contribution is -0.116. The van der Waals surface area contributed by atoms with Gasteiger partial charge in [0.15, 0.2) is 5.13 Å². The van der Waals surface area contributed by atoms with E-state index in [-0.39, 0.29) is 5.91 Å². The molecule has 0 unspecified atom stereocenters. The number of thiazole rings is 1. The number of pyridine rings is 1. The van der Waals surface area contributed by atoms with Gasteiger partial charge in [-0.05, 0) is 25.5 Å². The number of nitrogens with one attached hydrogen (secondary N) is 2. The first-order valence-corrected chi connectivity index (χ1v) is 7.89. The molecule has 2 aromatic heterocycles. The average molecular weight is 320 g/mol. The van der Waals surface area contributed by atoms with Crippen LogP contribution in [0.5, 0.6) is 5.88 Å². The quantitative estimate of drug-likeness (QED) is 0.766. The van der Waals surface area contributed by atoms with Crippen molar-refractivity contribution in [2.24, 2.45) is 0 Å². The Morgan fingerprint density at radius 3 is 2.91 bits per heavy atom. The molecule has 0 spiro atoms. The van der Waals surface area contributed by atoms with Crippen molar-refractivity contribution in [3.8, 4) is 5.88 Å². The summed E-state index contributed by atoms with van der Waals surface area (Å²) in [5.74, 6) is 0.588. The van der Waals surface area contributed by atoms with E-state index in [1.54, 1.807) is 13.3 Å². The fourth-order valence-electron chi connectivity index (χ4n) is 2.10. The molecule has 0 aliphatic rings. The summed E-state index contributed by atoms with van der Waals surface area (Å²) < 4.78 is 5.32. The Labute approximate surface area is 133 Å². The molecule has 0 aliphatic carbocycles. The van der Waals surface area contributed by atoms with Crippen LogP contribution in [0, 0.1) is 13.8 Å². The summed E-state index contributed by atoms with van der Waals surface area (Å²) in [4.78, 5) is 20.1. The van der Waals surface area contributed by atoms with Crippen molar-refractivity contribution >= 4 is 22.4 Å². The Bertz CT molecular complexity index is 629. The van der Waals surface area contributed by atoms with Gasteiger partial charge in [0.2, 0.25) is 11.8 Å². The van der Waals surface area contributed by atoms with Gasteiger partial charge in [-0.15, -0.1) is 11.3 Å². The summed E-state index contributed by atoms with van der Waals surface area (Å²) in [5.41, 5.74) is 3.08. The van der Waals surface area contributed by atoms with Crippen LogP contribution in [-0.4, -0.2) is 29.5 Å². The highest BCUT2D eigenvalue weighted by Gasteiger charge is 2.09. The fraction of sp³-hybridized carbons (Fsp3) is 0.400. The highest BCUT2D eigenvalue weighted by Crippen LogP contribution is 2.20. The first-order valence-electron chi connectivity index (χ1n) is 7.01. The number of anilines is 1. The molecule has 2 rings (SSSR count). The van der Waals surface area contributed by atoms with E-state index >= 15 is 0 Å². The highest BCUT2D eigenvalue weighted by molar-refractivity contribution is 7.13. The molecule has 1 amide bonds. The molecule has 0 saturated carbocycles. The zero-order valence-electron chi connectivity index (χ0n) is 13.0. The number of hydrogen-bond donors (Lipinski definition) is 2. The van der Waals surface area contributed by atoms with Gasteiger partial charge >= 0.3 is 0 Å². The third-order valence-electron chi connectivity index (χ3n) is 3.14. The second-order valence-corrected chi connectivity index (χ2v) is 5.78. The van der Waals surface area contributed by atoms with Crippen LogP contribution in [0.3, 0.4) is 0 Å². The summed E-state index contributed by atoms with van der Waals surface area (Å²) in [6.07, 6.45) is 2.05. The highest BCUT2D eigenvalue weighted by atomic mass is 32.1. The monoisotopic (exact) mass is 320 g/mol. The SMILES string of the molecule is COc1nc(C)cc(C)c1CNCCC(=O)Nc1nccs1. The maximum Gasteiger partial charge on any atom is 0.227 e. The van der Waals surface area contributed by atoms with Crippen LogP contribution >= 0.6 is 11.3 Å². The van der Waals surface area contributed by atoms with Crippen LogP contribution in [0.25, 0.3) is 0 Å². The first-order chi connectivity index (χ1) is 10.6. The number of hydrogen-bond acceptors (Lipinski definition) is 6. The Kier molecular flexibility index (Phi) is 5.85. The molecule has 2 heterocycles. The van der Waals surface area contributed by atoms with Crippen molar-refractivity contribution in [1.82, 2.24) is 15.3 Å². The molecule has 0 fully saturated rings. The van der Waals surface area contributed by atoms with Gasteiger partial charge in [0, 0.05) is 42.3 Å². The van der Waals surface area contributed by atoms with E-state index in [0.29, 0.717) is 30.5 Å². The Balaban J connectivity index is 1.80. The van der Waals surface area contributed by atoms with Crippen molar-refractivity contribution in [2.75, 3.05) is 19.0 Å². The lowest BCUT2D eigenvalue weighted by Gasteiger charge is -2.12. The predicted molar refractivity (Wildman–Crippen MR) is 87.3 cm³/mol. The zero-order valence-corrected chi connectivity index (χ0v) is 13.8. The smallest absolute Gasteiger partial charge is 0.227 e. The number of ether oxygens (including phenoxy) is 1. The third kappa shape index (κ3) is 4.51. The van der Waals surface area contributed by atoms with Gasteiger partial charge in [-0.3, -0.25) is 4.79 Å². The van der Waals surface area contributed by atoms with Gasteiger partial charge < -0.3 is 15.4 Å². The minimum Gasteiger partial charge on any atom is -0.481 e. The molecule has 0 bridgehead atoms. The van der Waals surface area contributed by atoms with Gasteiger partial charge in [-0.2, -0.15) is 0 Å². The molecular formula is C15H20N4O2S. The van der Waals surface area contributed by atoms with E-state index in [2.05, 4.69) is 20.6 Å².